The molecule has 0 bridgehead atoms. The molecule has 7 nitrogen and oxygen atoms in total. The number of hydrogen-bond acceptors (Lipinski definition) is 5. The van der Waals surface area contributed by atoms with Gasteiger partial charge in [-0.05, 0) is 19.9 Å². The summed E-state index contributed by atoms with van der Waals surface area (Å²) in [6.45, 7) is 2.76. The van der Waals surface area contributed by atoms with Crippen LogP contribution in [0.2, 0.25) is 5.02 Å². The summed E-state index contributed by atoms with van der Waals surface area (Å²) >= 11 is 5.84. The first-order chi connectivity index (χ1) is 9.07. The highest BCUT2D eigenvalue weighted by Crippen LogP contribution is 2.30. The maximum absolute atomic E-state index is 12.2. The van der Waals surface area contributed by atoms with E-state index < -0.39 is 21.1 Å². The van der Waals surface area contributed by atoms with E-state index in [9.17, 15) is 23.6 Å². The molecule has 1 atom stereocenters. The molecular formula is C11H15ClN2O5S. The first kappa shape index (κ1) is 16.8. The van der Waals surface area contributed by atoms with E-state index in [4.69, 9.17) is 11.6 Å². The summed E-state index contributed by atoms with van der Waals surface area (Å²) in [4.78, 5) is 9.94. The van der Waals surface area contributed by atoms with E-state index in [2.05, 4.69) is 0 Å². The van der Waals surface area contributed by atoms with E-state index in [-0.39, 0.29) is 27.7 Å². The van der Waals surface area contributed by atoms with Gasteiger partial charge in [0.1, 0.15) is 0 Å². The minimum atomic E-state index is -3.94. The van der Waals surface area contributed by atoms with Crippen LogP contribution >= 0.6 is 11.6 Å². The first-order valence-electron chi connectivity index (χ1n) is 5.66. The second-order valence-corrected chi connectivity index (χ2v) is 6.89. The van der Waals surface area contributed by atoms with Crippen LogP contribution in [0.4, 0.5) is 5.69 Å². The molecule has 9 heteroatoms. The fraction of sp³-hybridized carbons (Fsp3) is 0.455. The lowest BCUT2D eigenvalue weighted by molar-refractivity contribution is -0.385. The van der Waals surface area contributed by atoms with E-state index >= 15 is 0 Å². The van der Waals surface area contributed by atoms with Crippen LogP contribution in [0.3, 0.4) is 0 Å². The lowest BCUT2D eigenvalue weighted by Crippen LogP contribution is -2.33. The zero-order chi connectivity index (χ0) is 15.7. The van der Waals surface area contributed by atoms with Crippen molar-refractivity contribution in [1.29, 1.82) is 0 Å². The van der Waals surface area contributed by atoms with Crippen molar-refractivity contribution in [1.82, 2.24) is 4.31 Å². The third-order valence-corrected chi connectivity index (χ3v) is 4.91. The number of hydrogen-bond donors (Lipinski definition) is 1. The molecular weight excluding hydrogens is 308 g/mol. The Morgan fingerprint density at radius 1 is 1.50 bits per heavy atom. The van der Waals surface area contributed by atoms with Gasteiger partial charge in [0.15, 0.2) is 0 Å². The van der Waals surface area contributed by atoms with Gasteiger partial charge in [0.2, 0.25) is 10.0 Å². The molecule has 1 N–H and O–H groups in total. The third-order valence-electron chi connectivity index (χ3n) is 2.72. The summed E-state index contributed by atoms with van der Waals surface area (Å²) < 4.78 is 25.4. The van der Waals surface area contributed by atoms with Crippen molar-refractivity contribution in [2.24, 2.45) is 0 Å². The molecule has 0 saturated carbocycles. The normalized spacial score (nSPS) is 13.5. The standard InChI is InChI=1S/C11H15ClN2O5S/c1-7(15)6-13(3)20(18,19)9-4-10(12)8(2)11(5-9)14(16)17/h4-5,7,15H,6H2,1-3H3. The van der Waals surface area contributed by atoms with Crippen LogP contribution < -0.4 is 0 Å². The highest BCUT2D eigenvalue weighted by molar-refractivity contribution is 7.89. The number of aliphatic hydroxyl groups is 1. The maximum Gasteiger partial charge on any atom is 0.275 e. The molecule has 1 aromatic rings. The van der Waals surface area contributed by atoms with Crippen molar-refractivity contribution in [2.45, 2.75) is 24.8 Å². The van der Waals surface area contributed by atoms with Crippen molar-refractivity contribution >= 4 is 27.3 Å². The molecule has 112 valence electrons. The Labute approximate surface area is 122 Å². The Morgan fingerprint density at radius 2 is 2.05 bits per heavy atom. The highest BCUT2D eigenvalue weighted by atomic mass is 35.5. The third kappa shape index (κ3) is 3.45. The summed E-state index contributed by atoms with van der Waals surface area (Å²) in [5.74, 6) is 0. The van der Waals surface area contributed by atoms with Crippen LogP contribution in [0, 0.1) is 17.0 Å². The smallest absolute Gasteiger partial charge is 0.275 e. The molecule has 0 aliphatic heterocycles. The topological polar surface area (TPSA) is 101 Å². The number of sulfonamides is 1. The molecule has 0 aromatic heterocycles. The number of rotatable bonds is 5. The van der Waals surface area contributed by atoms with Gasteiger partial charge < -0.3 is 5.11 Å². The fourth-order valence-electron chi connectivity index (χ4n) is 1.63. The van der Waals surface area contributed by atoms with Crippen molar-refractivity contribution in [3.63, 3.8) is 0 Å². The van der Waals surface area contributed by atoms with E-state index in [1.165, 1.54) is 20.9 Å². The Hall–Kier alpha value is -1.22. The van der Waals surface area contributed by atoms with E-state index in [1.54, 1.807) is 0 Å². The van der Waals surface area contributed by atoms with Crippen LogP contribution in [0.25, 0.3) is 0 Å². The minimum absolute atomic E-state index is 0.00298. The largest absolute Gasteiger partial charge is 0.392 e. The molecule has 20 heavy (non-hydrogen) atoms. The maximum atomic E-state index is 12.2. The number of nitro benzene ring substituents is 1. The molecule has 1 rings (SSSR count). The Balaban J connectivity index is 3.36. The average molecular weight is 323 g/mol. The summed E-state index contributed by atoms with van der Waals surface area (Å²) in [6.07, 6.45) is -0.856. The summed E-state index contributed by atoms with van der Waals surface area (Å²) in [5, 5.41) is 20.1. The average Bonchev–Trinajstić information content (AvgIpc) is 2.30. The van der Waals surface area contributed by atoms with Gasteiger partial charge >= 0.3 is 0 Å². The fourth-order valence-corrected chi connectivity index (χ4v) is 3.21. The molecule has 0 spiro atoms. The quantitative estimate of drug-likeness (QED) is 0.655. The SMILES string of the molecule is Cc1c(Cl)cc(S(=O)(=O)N(C)CC(C)O)cc1[N+](=O)[O-]. The van der Waals surface area contributed by atoms with Crippen LogP contribution in [-0.2, 0) is 10.0 Å². The molecule has 0 saturated heterocycles. The van der Waals surface area contributed by atoms with Gasteiger partial charge in [0, 0.05) is 25.2 Å². The van der Waals surface area contributed by atoms with Gasteiger partial charge in [-0.2, -0.15) is 4.31 Å². The Bertz CT molecular complexity index is 630. The summed E-state index contributed by atoms with van der Waals surface area (Å²) in [6, 6.07) is 2.13. The van der Waals surface area contributed by atoms with Gasteiger partial charge in [0.05, 0.1) is 20.9 Å². The predicted molar refractivity (Wildman–Crippen MR) is 74.3 cm³/mol. The lowest BCUT2D eigenvalue weighted by atomic mass is 10.2. The number of likely N-dealkylation sites (N-methyl/N-ethyl adjacent to an activating group) is 1. The number of halogens is 1. The minimum Gasteiger partial charge on any atom is -0.392 e. The molecule has 0 heterocycles. The zero-order valence-corrected chi connectivity index (χ0v) is 12.8. The van der Waals surface area contributed by atoms with Crippen molar-refractivity contribution < 1.29 is 18.4 Å². The number of benzene rings is 1. The van der Waals surface area contributed by atoms with E-state index in [0.717, 1.165) is 16.4 Å². The Morgan fingerprint density at radius 3 is 2.50 bits per heavy atom. The second-order valence-electron chi connectivity index (χ2n) is 4.44. The van der Waals surface area contributed by atoms with Crippen molar-refractivity contribution in [2.75, 3.05) is 13.6 Å². The van der Waals surface area contributed by atoms with Crippen LogP contribution in [-0.4, -0.2) is 42.4 Å². The van der Waals surface area contributed by atoms with Gasteiger partial charge in [-0.3, -0.25) is 10.1 Å². The number of nitro groups is 1. The van der Waals surface area contributed by atoms with Crippen molar-refractivity contribution in [3.05, 3.63) is 32.8 Å². The molecule has 0 fully saturated rings. The van der Waals surface area contributed by atoms with Crippen LogP contribution in [0.5, 0.6) is 0 Å². The summed E-state index contributed by atoms with van der Waals surface area (Å²) in [5.41, 5.74) is -0.157. The van der Waals surface area contributed by atoms with Gasteiger partial charge in [-0.15, -0.1) is 0 Å². The molecule has 1 aromatic carbocycles. The van der Waals surface area contributed by atoms with Crippen LogP contribution in [0.1, 0.15) is 12.5 Å². The van der Waals surface area contributed by atoms with Gasteiger partial charge in [-0.1, -0.05) is 11.6 Å². The highest BCUT2D eigenvalue weighted by Gasteiger charge is 2.26. The molecule has 0 radical (unpaired) electrons. The number of nitrogens with zero attached hydrogens (tertiary/aromatic N) is 2. The first-order valence-corrected chi connectivity index (χ1v) is 7.48. The van der Waals surface area contributed by atoms with Crippen molar-refractivity contribution in [3.8, 4) is 0 Å². The molecule has 0 amide bonds. The van der Waals surface area contributed by atoms with E-state index in [1.807, 2.05) is 0 Å². The molecule has 0 aliphatic carbocycles. The lowest BCUT2D eigenvalue weighted by Gasteiger charge is -2.19. The molecule has 0 aliphatic rings. The Kier molecular flexibility index (Phi) is 5.09. The summed E-state index contributed by atoms with van der Waals surface area (Å²) in [7, 11) is -2.67. The zero-order valence-electron chi connectivity index (χ0n) is 11.2. The van der Waals surface area contributed by atoms with Gasteiger partial charge in [-0.25, -0.2) is 8.42 Å². The van der Waals surface area contributed by atoms with E-state index in [0.29, 0.717) is 0 Å². The second kappa shape index (κ2) is 6.04. The number of aliphatic hydroxyl groups excluding tert-OH is 1. The predicted octanol–water partition coefficient (Wildman–Crippen LogP) is 1.56. The van der Waals surface area contributed by atoms with Gasteiger partial charge in [0.25, 0.3) is 5.69 Å². The molecule has 1 unspecified atom stereocenters. The monoisotopic (exact) mass is 322 g/mol. The van der Waals surface area contributed by atoms with Crippen LogP contribution in [0.15, 0.2) is 17.0 Å².